The molecule has 2 heterocycles. The molecule has 0 bridgehead atoms. The summed E-state index contributed by atoms with van der Waals surface area (Å²) in [5.41, 5.74) is 10.9. The Balaban J connectivity index is 1.82. The van der Waals surface area contributed by atoms with Crippen LogP contribution in [0.3, 0.4) is 0 Å². The first-order chi connectivity index (χ1) is 12.9. The minimum atomic E-state index is 1.00. The lowest BCUT2D eigenvalue weighted by Gasteiger charge is -2.37. The van der Waals surface area contributed by atoms with Gasteiger partial charge in [-0.2, -0.15) is 17.0 Å². The Morgan fingerprint density at radius 1 is 0.923 bits per heavy atom. The van der Waals surface area contributed by atoms with E-state index in [4.69, 9.17) is 0 Å². The van der Waals surface area contributed by atoms with Gasteiger partial charge in [0.2, 0.25) is 0 Å². The first-order valence-electron chi connectivity index (χ1n) is 9.90. The van der Waals surface area contributed by atoms with Crippen molar-refractivity contribution in [2.75, 3.05) is 23.7 Å². The maximum atomic E-state index is 10.1. The lowest BCUT2D eigenvalue weighted by atomic mass is 9.78. The highest BCUT2D eigenvalue weighted by Crippen LogP contribution is 2.47. The van der Waals surface area contributed by atoms with Crippen LogP contribution in [-0.2, 0) is 25.0 Å². The van der Waals surface area contributed by atoms with Gasteiger partial charge in [0.25, 0.3) is 0 Å². The van der Waals surface area contributed by atoms with E-state index in [9.17, 15) is 5.26 Å². The van der Waals surface area contributed by atoms with Gasteiger partial charge in [0.1, 0.15) is 6.07 Å². The van der Waals surface area contributed by atoms with Crippen molar-refractivity contribution in [1.29, 1.82) is 5.26 Å². The molecule has 0 atom stereocenters. The van der Waals surface area contributed by atoms with Crippen molar-refractivity contribution in [2.45, 2.75) is 44.3 Å². The topological polar surface area (TPSA) is 27.0 Å². The smallest absolute Gasteiger partial charge is 0.102 e. The summed E-state index contributed by atoms with van der Waals surface area (Å²) in [6, 6.07) is 11.6. The highest BCUT2D eigenvalue weighted by atomic mass is 32.2. The van der Waals surface area contributed by atoms with Crippen LogP contribution in [0.5, 0.6) is 0 Å². The molecule has 0 saturated carbocycles. The van der Waals surface area contributed by atoms with E-state index in [-0.39, 0.29) is 0 Å². The zero-order valence-corrected chi connectivity index (χ0v) is 16.0. The SMILES string of the molecule is N#Cc1c2c(c3c(c1N1CCCCC1)CCc1ccccc1-3)CSCC2. The number of aryl methyl sites for hydroxylation is 1. The first-order valence-corrected chi connectivity index (χ1v) is 11.1. The van der Waals surface area contributed by atoms with Gasteiger partial charge in [0, 0.05) is 18.8 Å². The average molecular weight is 361 g/mol. The molecule has 0 amide bonds. The minimum absolute atomic E-state index is 1.00. The average Bonchev–Trinajstić information content (AvgIpc) is 2.72. The number of rotatable bonds is 1. The summed E-state index contributed by atoms with van der Waals surface area (Å²) in [6.45, 7) is 2.21. The molecule has 132 valence electrons. The van der Waals surface area contributed by atoms with Gasteiger partial charge in [0.05, 0.1) is 11.3 Å². The van der Waals surface area contributed by atoms with Crippen molar-refractivity contribution in [3.8, 4) is 17.2 Å². The van der Waals surface area contributed by atoms with E-state index in [0.717, 1.165) is 49.4 Å². The zero-order chi connectivity index (χ0) is 17.5. The summed E-state index contributed by atoms with van der Waals surface area (Å²) in [4.78, 5) is 2.54. The fourth-order valence-electron chi connectivity index (χ4n) is 5.08. The molecule has 5 rings (SSSR count). The van der Waals surface area contributed by atoms with Gasteiger partial charge in [-0.15, -0.1) is 0 Å². The molecule has 2 aliphatic heterocycles. The molecule has 2 aromatic carbocycles. The third kappa shape index (κ3) is 2.47. The molecule has 1 saturated heterocycles. The molecule has 2 aromatic rings. The van der Waals surface area contributed by atoms with Crippen molar-refractivity contribution < 1.29 is 0 Å². The summed E-state index contributed by atoms with van der Waals surface area (Å²) in [7, 11) is 0. The molecule has 0 aromatic heterocycles. The van der Waals surface area contributed by atoms with Gasteiger partial charge in [-0.25, -0.2) is 0 Å². The molecule has 0 N–H and O–H groups in total. The molecule has 0 radical (unpaired) electrons. The molecular weight excluding hydrogens is 336 g/mol. The predicted molar refractivity (Wildman–Crippen MR) is 110 cm³/mol. The summed E-state index contributed by atoms with van der Waals surface area (Å²) in [6.07, 6.45) is 7.04. The van der Waals surface area contributed by atoms with Crippen molar-refractivity contribution >= 4 is 17.4 Å². The number of nitriles is 1. The summed E-state index contributed by atoms with van der Waals surface area (Å²) in [5.74, 6) is 2.20. The maximum absolute atomic E-state index is 10.1. The van der Waals surface area contributed by atoms with Gasteiger partial charge in [-0.05, 0) is 77.7 Å². The minimum Gasteiger partial charge on any atom is -0.370 e. The van der Waals surface area contributed by atoms with Gasteiger partial charge in [-0.3, -0.25) is 0 Å². The number of hydrogen-bond donors (Lipinski definition) is 0. The second kappa shape index (κ2) is 6.67. The normalized spacial score (nSPS) is 18.5. The summed E-state index contributed by atoms with van der Waals surface area (Å²) in [5, 5.41) is 10.1. The van der Waals surface area contributed by atoms with Crippen molar-refractivity contribution in [3.63, 3.8) is 0 Å². The predicted octanol–water partition coefficient (Wildman–Crippen LogP) is 5.10. The van der Waals surface area contributed by atoms with E-state index in [0.29, 0.717) is 0 Å². The van der Waals surface area contributed by atoms with Gasteiger partial charge in [0.15, 0.2) is 0 Å². The van der Waals surface area contributed by atoms with Crippen molar-refractivity contribution in [1.82, 2.24) is 0 Å². The molecule has 3 heteroatoms. The Bertz CT molecular complexity index is 903. The Morgan fingerprint density at radius 3 is 2.62 bits per heavy atom. The molecule has 0 spiro atoms. The standard InChI is InChI=1S/C23H24N2S/c24-14-20-18-10-13-26-15-21(18)22-17-7-3-2-6-16(17)8-9-19(22)23(20)25-11-4-1-5-12-25/h2-3,6-7H,1,4-5,8-13,15H2. The summed E-state index contributed by atoms with van der Waals surface area (Å²) < 4.78 is 0. The van der Waals surface area contributed by atoms with Crippen LogP contribution in [0.15, 0.2) is 24.3 Å². The van der Waals surface area contributed by atoms with E-state index < -0.39 is 0 Å². The van der Waals surface area contributed by atoms with E-state index >= 15 is 0 Å². The quantitative estimate of drug-likeness (QED) is 0.708. The number of thioether (sulfide) groups is 1. The lowest BCUT2D eigenvalue weighted by Crippen LogP contribution is -2.32. The number of fused-ring (bicyclic) bond motifs is 5. The van der Waals surface area contributed by atoms with Crippen LogP contribution in [0.2, 0.25) is 0 Å². The Labute approximate surface area is 160 Å². The zero-order valence-electron chi connectivity index (χ0n) is 15.2. The fourth-order valence-corrected chi connectivity index (χ4v) is 6.09. The number of anilines is 1. The Morgan fingerprint density at radius 2 is 1.77 bits per heavy atom. The molecule has 0 unspecified atom stereocenters. The molecule has 1 aliphatic carbocycles. The second-order valence-electron chi connectivity index (χ2n) is 7.65. The van der Waals surface area contributed by atoms with Crippen LogP contribution in [0.25, 0.3) is 11.1 Å². The monoisotopic (exact) mass is 360 g/mol. The van der Waals surface area contributed by atoms with Crippen LogP contribution in [-0.4, -0.2) is 18.8 Å². The van der Waals surface area contributed by atoms with Crippen LogP contribution >= 0.6 is 11.8 Å². The molecule has 26 heavy (non-hydrogen) atoms. The van der Waals surface area contributed by atoms with Crippen molar-refractivity contribution in [3.05, 3.63) is 52.1 Å². The van der Waals surface area contributed by atoms with Crippen molar-refractivity contribution in [2.24, 2.45) is 0 Å². The molecule has 3 aliphatic rings. The number of hydrogen-bond acceptors (Lipinski definition) is 3. The second-order valence-corrected chi connectivity index (χ2v) is 8.76. The molecule has 2 nitrogen and oxygen atoms in total. The number of benzene rings is 2. The molecular formula is C23H24N2S. The third-order valence-electron chi connectivity index (χ3n) is 6.25. The van der Waals surface area contributed by atoms with Crippen LogP contribution < -0.4 is 4.90 Å². The third-order valence-corrected chi connectivity index (χ3v) is 7.24. The van der Waals surface area contributed by atoms with Crippen LogP contribution in [0.4, 0.5) is 5.69 Å². The van der Waals surface area contributed by atoms with E-state index in [1.54, 1.807) is 0 Å². The van der Waals surface area contributed by atoms with Crippen LogP contribution in [0.1, 0.15) is 47.1 Å². The fraction of sp³-hybridized carbons (Fsp3) is 0.435. The first kappa shape index (κ1) is 16.3. The Hall–Kier alpha value is -1.92. The Kier molecular flexibility index (Phi) is 4.17. The van der Waals surface area contributed by atoms with Crippen LogP contribution in [0, 0.1) is 11.3 Å². The number of nitrogens with zero attached hydrogens (tertiary/aromatic N) is 2. The van der Waals surface area contributed by atoms with E-state index in [1.807, 2.05) is 11.8 Å². The largest absolute Gasteiger partial charge is 0.370 e. The summed E-state index contributed by atoms with van der Waals surface area (Å²) >= 11 is 2.02. The highest BCUT2D eigenvalue weighted by Gasteiger charge is 2.31. The van der Waals surface area contributed by atoms with E-state index in [1.165, 1.54) is 58.3 Å². The van der Waals surface area contributed by atoms with Gasteiger partial charge in [-0.1, -0.05) is 24.3 Å². The van der Waals surface area contributed by atoms with Gasteiger partial charge >= 0.3 is 0 Å². The van der Waals surface area contributed by atoms with Gasteiger partial charge < -0.3 is 4.90 Å². The highest BCUT2D eigenvalue weighted by molar-refractivity contribution is 7.98. The lowest BCUT2D eigenvalue weighted by molar-refractivity contribution is 0.575. The van der Waals surface area contributed by atoms with E-state index in [2.05, 4.69) is 35.2 Å². The molecule has 1 fully saturated rings. The maximum Gasteiger partial charge on any atom is 0.102 e. The number of piperidine rings is 1.